The van der Waals surface area contributed by atoms with E-state index in [1.165, 1.54) is 0 Å². The molecule has 1 amide bonds. The van der Waals surface area contributed by atoms with Crippen molar-refractivity contribution in [1.82, 2.24) is 4.90 Å². The van der Waals surface area contributed by atoms with Gasteiger partial charge in [-0.15, -0.1) is 0 Å². The number of aliphatic hydroxyl groups is 1. The van der Waals surface area contributed by atoms with Gasteiger partial charge in [-0.05, 0) is 31.0 Å². The number of carbonyl (C=O) groups is 1. The topological polar surface area (TPSA) is 66.6 Å². The predicted molar refractivity (Wildman–Crippen MR) is 76.2 cm³/mol. The van der Waals surface area contributed by atoms with E-state index in [4.69, 9.17) is 17.3 Å². The minimum Gasteiger partial charge on any atom is -0.398 e. The molecule has 0 radical (unpaired) electrons. The number of amides is 1. The van der Waals surface area contributed by atoms with Crippen molar-refractivity contribution in [2.45, 2.75) is 31.7 Å². The molecule has 1 aliphatic rings. The first kappa shape index (κ1) is 14.2. The van der Waals surface area contributed by atoms with Gasteiger partial charge in [-0.25, -0.2) is 0 Å². The summed E-state index contributed by atoms with van der Waals surface area (Å²) in [5, 5.41) is 9.89. The molecular formula is C14H19ClN2O2. The lowest BCUT2D eigenvalue weighted by Gasteiger charge is -2.28. The van der Waals surface area contributed by atoms with E-state index in [9.17, 15) is 9.90 Å². The van der Waals surface area contributed by atoms with E-state index < -0.39 is 0 Å². The number of rotatable bonds is 2. The van der Waals surface area contributed by atoms with E-state index in [-0.39, 0.29) is 18.6 Å². The number of hydrogen-bond acceptors (Lipinski definition) is 3. The molecule has 1 unspecified atom stereocenters. The summed E-state index contributed by atoms with van der Waals surface area (Å²) in [6.07, 6.45) is 3.98. The number of halogens is 1. The van der Waals surface area contributed by atoms with Gasteiger partial charge in [0.15, 0.2) is 0 Å². The first-order valence-electron chi connectivity index (χ1n) is 6.60. The van der Waals surface area contributed by atoms with Crippen LogP contribution in [0.5, 0.6) is 0 Å². The molecule has 1 aromatic carbocycles. The van der Waals surface area contributed by atoms with Crippen molar-refractivity contribution in [3.63, 3.8) is 0 Å². The van der Waals surface area contributed by atoms with Crippen LogP contribution < -0.4 is 5.73 Å². The van der Waals surface area contributed by atoms with Gasteiger partial charge >= 0.3 is 0 Å². The van der Waals surface area contributed by atoms with Crippen molar-refractivity contribution in [3.05, 3.63) is 28.8 Å². The standard InChI is InChI=1S/C14H19ClN2O2/c15-12-6-5-10(8-13(12)16)14(19)17-7-3-1-2-4-11(17)9-18/h5-6,8,11,18H,1-4,7,9,16H2. The zero-order valence-corrected chi connectivity index (χ0v) is 11.6. The Balaban J connectivity index is 2.22. The lowest BCUT2D eigenvalue weighted by atomic mass is 10.1. The van der Waals surface area contributed by atoms with Crippen LogP contribution in [0.3, 0.4) is 0 Å². The van der Waals surface area contributed by atoms with E-state index in [0.717, 1.165) is 25.7 Å². The lowest BCUT2D eigenvalue weighted by molar-refractivity contribution is 0.0600. The fraction of sp³-hybridized carbons (Fsp3) is 0.500. The Morgan fingerprint density at radius 2 is 2.21 bits per heavy atom. The van der Waals surface area contributed by atoms with Gasteiger partial charge in [0, 0.05) is 12.1 Å². The third kappa shape index (κ3) is 3.19. The highest BCUT2D eigenvalue weighted by molar-refractivity contribution is 6.33. The van der Waals surface area contributed by atoms with Crippen molar-refractivity contribution in [2.24, 2.45) is 0 Å². The molecule has 1 aliphatic heterocycles. The average Bonchev–Trinajstić information content (AvgIpc) is 2.66. The van der Waals surface area contributed by atoms with Gasteiger partial charge in [-0.3, -0.25) is 4.79 Å². The molecule has 0 aliphatic carbocycles. The Kier molecular flexibility index (Phi) is 4.66. The number of carbonyl (C=O) groups excluding carboxylic acids is 1. The largest absolute Gasteiger partial charge is 0.398 e. The summed E-state index contributed by atoms with van der Waals surface area (Å²) >= 11 is 5.86. The Bertz CT molecular complexity index is 465. The number of nitrogen functional groups attached to an aromatic ring is 1. The number of aliphatic hydroxyl groups excluding tert-OH is 1. The van der Waals surface area contributed by atoms with Crippen molar-refractivity contribution >= 4 is 23.2 Å². The smallest absolute Gasteiger partial charge is 0.254 e. The quantitative estimate of drug-likeness (QED) is 0.818. The highest BCUT2D eigenvalue weighted by Gasteiger charge is 2.25. The summed E-state index contributed by atoms with van der Waals surface area (Å²) in [5.74, 6) is -0.0793. The second kappa shape index (κ2) is 6.26. The second-order valence-corrected chi connectivity index (χ2v) is 5.33. The number of hydrogen-bond donors (Lipinski definition) is 2. The van der Waals surface area contributed by atoms with Crippen LogP contribution in [0.15, 0.2) is 18.2 Å². The van der Waals surface area contributed by atoms with Crippen LogP contribution in [0.1, 0.15) is 36.0 Å². The van der Waals surface area contributed by atoms with Crippen molar-refractivity contribution < 1.29 is 9.90 Å². The van der Waals surface area contributed by atoms with Gasteiger partial charge in [-0.1, -0.05) is 24.4 Å². The molecule has 1 saturated heterocycles. The number of benzene rings is 1. The van der Waals surface area contributed by atoms with Crippen LogP contribution in [-0.4, -0.2) is 35.1 Å². The SMILES string of the molecule is Nc1cc(C(=O)N2CCCCCC2CO)ccc1Cl. The fourth-order valence-corrected chi connectivity index (χ4v) is 2.59. The Labute approximate surface area is 118 Å². The zero-order valence-electron chi connectivity index (χ0n) is 10.8. The molecule has 4 nitrogen and oxygen atoms in total. The monoisotopic (exact) mass is 282 g/mol. The Morgan fingerprint density at radius 3 is 2.89 bits per heavy atom. The Hall–Kier alpha value is -1.26. The van der Waals surface area contributed by atoms with Crippen molar-refractivity contribution in [1.29, 1.82) is 0 Å². The molecule has 0 bridgehead atoms. The average molecular weight is 283 g/mol. The van der Waals surface area contributed by atoms with Gasteiger partial charge in [0.1, 0.15) is 0 Å². The van der Waals surface area contributed by atoms with Crippen LogP contribution in [0.4, 0.5) is 5.69 Å². The summed E-state index contributed by atoms with van der Waals surface area (Å²) in [4.78, 5) is 14.3. The van der Waals surface area contributed by atoms with Crippen molar-refractivity contribution in [3.8, 4) is 0 Å². The van der Waals surface area contributed by atoms with Crippen LogP contribution in [-0.2, 0) is 0 Å². The van der Waals surface area contributed by atoms with Crippen LogP contribution in [0, 0.1) is 0 Å². The molecule has 2 rings (SSSR count). The predicted octanol–water partition coefficient (Wildman–Crippen LogP) is 2.30. The number of likely N-dealkylation sites (tertiary alicyclic amines) is 1. The summed E-state index contributed by atoms with van der Waals surface area (Å²) < 4.78 is 0. The van der Waals surface area contributed by atoms with Gasteiger partial charge in [0.2, 0.25) is 0 Å². The van der Waals surface area contributed by atoms with Gasteiger partial charge < -0.3 is 15.7 Å². The van der Waals surface area contributed by atoms with E-state index in [0.29, 0.717) is 22.8 Å². The van der Waals surface area contributed by atoms with Crippen LogP contribution >= 0.6 is 11.6 Å². The summed E-state index contributed by atoms with van der Waals surface area (Å²) in [7, 11) is 0. The molecule has 0 aromatic heterocycles. The third-order valence-electron chi connectivity index (χ3n) is 3.59. The summed E-state index contributed by atoms with van der Waals surface area (Å²) in [6.45, 7) is 0.696. The van der Waals surface area contributed by atoms with Crippen LogP contribution in [0.2, 0.25) is 5.02 Å². The molecule has 1 aromatic rings. The third-order valence-corrected chi connectivity index (χ3v) is 3.94. The lowest BCUT2D eigenvalue weighted by Crippen LogP contribution is -2.42. The van der Waals surface area contributed by atoms with E-state index in [1.54, 1.807) is 23.1 Å². The van der Waals surface area contributed by atoms with E-state index in [1.807, 2.05) is 0 Å². The van der Waals surface area contributed by atoms with E-state index >= 15 is 0 Å². The van der Waals surface area contributed by atoms with Gasteiger partial charge in [0.25, 0.3) is 5.91 Å². The van der Waals surface area contributed by atoms with Crippen LogP contribution in [0.25, 0.3) is 0 Å². The maximum Gasteiger partial charge on any atom is 0.254 e. The van der Waals surface area contributed by atoms with E-state index in [2.05, 4.69) is 0 Å². The molecule has 104 valence electrons. The molecule has 5 heteroatoms. The highest BCUT2D eigenvalue weighted by atomic mass is 35.5. The molecule has 19 heavy (non-hydrogen) atoms. The molecule has 1 atom stereocenters. The summed E-state index contributed by atoms with van der Waals surface area (Å²) in [5.41, 5.74) is 6.67. The molecule has 1 fully saturated rings. The van der Waals surface area contributed by atoms with Crippen molar-refractivity contribution in [2.75, 3.05) is 18.9 Å². The van der Waals surface area contributed by atoms with Gasteiger partial charge in [0.05, 0.1) is 23.4 Å². The minimum atomic E-state index is -0.0908. The molecule has 0 spiro atoms. The minimum absolute atomic E-state index is 0.00874. The number of anilines is 1. The molecule has 0 saturated carbocycles. The summed E-state index contributed by atoms with van der Waals surface area (Å²) in [6, 6.07) is 4.83. The normalized spacial score (nSPS) is 20.1. The number of nitrogens with zero attached hydrogens (tertiary/aromatic N) is 1. The molecule has 1 heterocycles. The fourth-order valence-electron chi connectivity index (χ4n) is 2.48. The maximum atomic E-state index is 12.5. The first-order chi connectivity index (χ1) is 9.13. The van der Waals surface area contributed by atoms with Gasteiger partial charge in [-0.2, -0.15) is 0 Å². The maximum absolute atomic E-state index is 12.5. The Morgan fingerprint density at radius 1 is 1.42 bits per heavy atom. The number of nitrogens with two attached hydrogens (primary N) is 1. The second-order valence-electron chi connectivity index (χ2n) is 4.92. The molecule has 3 N–H and O–H groups in total. The zero-order chi connectivity index (χ0) is 13.8. The molecular weight excluding hydrogens is 264 g/mol. The first-order valence-corrected chi connectivity index (χ1v) is 6.98. The highest BCUT2D eigenvalue weighted by Crippen LogP contribution is 2.23.